The van der Waals surface area contributed by atoms with Gasteiger partial charge in [0.1, 0.15) is 5.75 Å². The number of halogens is 1. The minimum Gasteiger partial charge on any atom is -0.508 e. The number of benzene rings is 2. The smallest absolute Gasteiger partial charge is 0.258 e. The minimum atomic E-state index is 0.174. The fourth-order valence-corrected chi connectivity index (χ4v) is 1.96. The Bertz CT molecular complexity index is 707. The zero-order chi connectivity index (χ0) is 13.2. The second-order valence-electron chi connectivity index (χ2n) is 3.98. The normalized spacial score (nSPS) is 10.6. The van der Waals surface area contributed by atoms with E-state index in [1.54, 1.807) is 18.2 Å². The van der Waals surface area contributed by atoms with Crippen LogP contribution in [0.15, 0.2) is 57.5 Å². The van der Waals surface area contributed by atoms with Gasteiger partial charge in [-0.25, -0.2) is 0 Å². The number of aromatic hydroxyl groups is 1. The molecule has 0 unspecified atom stereocenters. The molecular weight excluding hydrogens is 308 g/mol. The highest BCUT2D eigenvalue weighted by molar-refractivity contribution is 9.10. The average molecular weight is 317 g/mol. The largest absolute Gasteiger partial charge is 0.508 e. The highest BCUT2D eigenvalue weighted by atomic mass is 79.9. The fraction of sp³-hybridized carbons (Fsp3) is 0. The van der Waals surface area contributed by atoms with Crippen LogP contribution in [-0.4, -0.2) is 15.2 Å². The van der Waals surface area contributed by atoms with Crippen molar-refractivity contribution in [1.29, 1.82) is 0 Å². The number of phenols is 1. The summed E-state index contributed by atoms with van der Waals surface area (Å²) in [4.78, 5) is 4.32. The summed E-state index contributed by atoms with van der Waals surface area (Å²) in [7, 11) is 0. The first kappa shape index (κ1) is 11.9. The van der Waals surface area contributed by atoms with Crippen LogP contribution in [-0.2, 0) is 0 Å². The highest BCUT2D eigenvalue weighted by Gasteiger charge is 2.10. The molecule has 2 aromatic carbocycles. The molecule has 0 spiro atoms. The Balaban J connectivity index is 1.97. The van der Waals surface area contributed by atoms with Gasteiger partial charge in [-0.15, -0.1) is 0 Å². The Morgan fingerprint density at radius 1 is 1.00 bits per heavy atom. The summed E-state index contributed by atoms with van der Waals surface area (Å²) in [5.41, 5.74) is 1.56. The van der Waals surface area contributed by atoms with E-state index >= 15 is 0 Å². The molecule has 0 aliphatic rings. The maximum absolute atomic E-state index is 9.44. The molecule has 0 saturated carbocycles. The van der Waals surface area contributed by atoms with Crippen LogP contribution >= 0.6 is 15.9 Å². The van der Waals surface area contributed by atoms with Gasteiger partial charge in [0, 0.05) is 15.6 Å². The molecule has 1 aromatic heterocycles. The molecule has 5 heteroatoms. The van der Waals surface area contributed by atoms with E-state index in [0.29, 0.717) is 17.3 Å². The topological polar surface area (TPSA) is 59.2 Å². The molecule has 3 aromatic rings. The van der Waals surface area contributed by atoms with Crippen LogP contribution < -0.4 is 0 Å². The van der Waals surface area contributed by atoms with E-state index in [4.69, 9.17) is 4.52 Å². The predicted molar refractivity (Wildman–Crippen MR) is 74.5 cm³/mol. The van der Waals surface area contributed by atoms with Crippen molar-refractivity contribution in [2.45, 2.75) is 0 Å². The van der Waals surface area contributed by atoms with E-state index in [0.717, 1.165) is 10.0 Å². The molecule has 0 fully saturated rings. The van der Waals surface area contributed by atoms with Crippen LogP contribution in [0.4, 0.5) is 0 Å². The first-order valence-corrected chi connectivity index (χ1v) is 6.41. The van der Waals surface area contributed by atoms with Gasteiger partial charge in [-0.1, -0.05) is 33.2 Å². The van der Waals surface area contributed by atoms with E-state index < -0.39 is 0 Å². The molecule has 0 aliphatic heterocycles. The van der Waals surface area contributed by atoms with Crippen molar-refractivity contribution in [2.75, 3.05) is 0 Å². The summed E-state index contributed by atoms with van der Waals surface area (Å²) in [5, 5.41) is 13.4. The molecule has 1 heterocycles. The molecule has 0 radical (unpaired) electrons. The fourth-order valence-electron chi connectivity index (χ4n) is 1.70. The second-order valence-corrected chi connectivity index (χ2v) is 4.90. The minimum absolute atomic E-state index is 0.174. The number of aromatic nitrogens is 2. The number of hydrogen-bond donors (Lipinski definition) is 1. The first-order valence-electron chi connectivity index (χ1n) is 5.61. The van der Waals surface area contributed by atoms with Crippen molar-refractivity contribution >= 4 is 15.9 Å². The maximum atomic E-state index is 9.44. The Labute approximate surface area is 117 Å². The van der Waals surface area contributed by atoms with Crippen molar-refractivity contribution in [2.24, 2.45) is 0 Å². The maximum Gasteiger partial charge on any atom is 0.258 e. The van der Waals surface area contributed by atoms with Gasteiger partial charge in [-0.3, -0.25) is 0 Å². The van der Waals surface area contributed by atoms with Gasteiger partial charge in [-0.2, -0.15) is 4.98 Å². The summed E-state index contributed by atoms with van der Waals surface area (Å²) in [6, 6.07) is 14.3. The molecule has 0 bridgehead atoms. The molecule has 94 valence electrons. The van der Waals surface area contributed by atoms with Gasteiger partial charge in [0.15, 0.2) is 0 Å². The summed E-state index contributed by atoms with van der Waals surface area (Å²) < 4.78 is 6.22. The second kappa shape index (κ2) is 4.85. The van der Waals surface area contributed by atoms with E-state index in [2.05, 4.69) is 26.1 Å². The Hall–Kier alpha value is -2.14. The van der Waals surface area contributed by atoms with Crippen molar-refractivity contribution in [3.8, 4) is 28.6 Å². The summed E-state index contributed by atoms with van der Waals surface area (Å²) in [6.45, 7) is 0. The van der Waals surface area contributed by atoms with Crippen LogP contribution in [0.1, 0.15) is 0 Å². The Kier molecular flexibility index (Phi) is 3.05. The lowest BCUT2D eigenvalue weighted by atomic mass is 10.2. The van der Waals surface area contributed by atoms with Gasteiger partial charge in [0.25, 0.3) is 5.89 Å². The summed E-state index contributed by atoms with van der Waals surface area (Å²) >= 11 is 3.37. The summed E-state index contributed by atoms with van der Waals surface area (Å²) in [6.07, 6.45) is 0. The average Bonchev–Trinajstić information content (AvgIpc) is 2.89. The monoisotopic (exact) mass is 316 g/mol. The van der Waals surface area contributed by atoms with Gasteiger partial charge in [0.2, 0.25) is 5.82 Å². The standard InChI is InChI=1S/C14H9BrN2O2/c15-11-6-4-9(5-7-11)14-16-13(17-19-14)10-2-1-3-12(18)8-10/h1-8,18H. The van der Waals surface area contributed by atoms with Gasteiger partial charge < -0.3 is 9.63 Å². The third kappa shape index (κ3) is 2.51. The van der Waals surface area contributed by atoms with Crippen LogP contribution in [0.3, 0.4) is 0 Å². The van der Waals surface area contributed by atoms with E-state index in [1.165, 1.54) is 0 Å². The molecule has 4 nitrogen and oxygen atoms in total. The van der Waals surface area contributed by atoms with Crippen molar-refractivity contribution in [3.05, 3.63) is 53.0 Å². The van der Waals surface area contributed by atoms with Crippen LogP contribution in [0.5, 0.6) is 5.75 Å². The van der Waals surface area contributed by atoms with Gasteiger partial charge in [0.05, 0.1) is 0 Å². The van der Waals surface area contributed by atoms with Crippen LogP contribution in [0, 0.1) is 0 Å². The molecule has 19 heavy (non-hydrogen) atoms. The number of phenolic OH excluding ortho intramolecular Hbond substituents is 1. The Morgan fingerprint density at radius 2 is 1.79 bits per heavy atom. The molecule has 0 amide bonds. The third-order valence-electron chi connectivity index (χ3n) is 2.62. The molecule has 3 rings (SSSR count). The van der Waals surface area contributed by atoms with Crippen molar-refractivity contribution in [3.63, 3.8) is 0 Å². The lowest BCUT2D eigenvalue weighted by Gasteiger charge is -1.95. The number of rotatable bonds is 2. The predicted octanol–water partition coefficient (Wildman–Crippen LogP) is 3.87. The first-order chi connectivity index (χ1) is 9.22. The Morgan fingerprint density at radius 3 is 2.53 bits per heavy atom. The molecule has 0 saturated heterocycles. The third-order valence-corrected chi connectivity index (χ3v) is 3.15. The van der Waals surface area contributed by atoms with Gasteiger partial charge >= 0.3 is 0 Å². The van der Waals surface area contributed by atoms with Crippen LogP contribution in [0.25, 0.3) is 22.8 Å². The summed E-state index contributed by atoms with van der Waals surface area (Å²) in [5.74, 6) is 1.08. The number of hydrogen-bond acceptors (Lipinski definition) is 4. The highest BCUT2D eigenvalue weighted by Crippen LogP contribution is 2.25. The lowest BCUT2D eigenvalue weighted by molar-refractivity contribution is 0.432. The molecule has 0 aliphatic carbocycles. The zero-order valence-electron chi connectivity index (χ0n) is 9.75. The SMILES string of the molecule is Oc1cccc(-c2noc(-c3ccc(Br)cc3)n2)c1. The number of nitrogens with zero attached hydrogens (tertiary/aromatic N) is 2. The van der Waals surface area contributed by atoms with Crippen molar-refractivity contribution < 1.29 is 9.63 Å². The zero-order valence-corrected chi connectivity index (χ0v) is 11.3. The lowest BCUT2D eigenvalue weighted by Crippen LogP contribution is -1.81. The molecular formula is C14H9BrN2O2. The quantitative estimate of drug-likeness (QED) is 0.779. The van der Waals surface area contributed by atoms with Gasteiger partial charge in [-0.05, 0) is 36.4 Å². The van der Waals surface area contributed by atoms with E-state index in [-0.39, 0.29) is 5.75 Å². The van der Waals surface area contributed by atoms with Crippen molar-refractivity contribution in [1.82, 2.24) is 10.1 Å². The van der Waals surface area contributed by atoms with E-state index in [1.807, 2.05) is 30.3 Å². The van der Waals surface area contributed by atoms with E-state index in [9.17, 15) is 5.11 Å². The van der Waals surface area contributed by atoms with Crippen LogP contribution in [0.2, 0.25) is 0 Å². The molecule has 1 N–H and O–H groups in total. The molecule has 0 atom stereocenters.